The Morgan fingerprint density at radius 2 is 1.79 bits per heavy atom. The van der Waals surface area contributed by atoms with Crippen LogP contribution < -0.4 is 16.0 Å². The summed E-state index contributed by atoms with van der Waals surface area (Å²) in [5, 5.41) is 8.99. The number of halogens is 1. The maximum Gasteiger partial charge on any atom is 0.332 e. The number of hydrogen-bond donors (Lipinski definition) is 0. The molecule has 0 aliphatic carbocycles. The van der Waals surface area contributed by atoms with Crippen LogP contribution in [0.15, 0.2) is 67.6 Å². The molecule has 0 saturated heterocycles. The summed E-state index contributed by atoms with van der Waals surface area (Å²) in [6.45, 7) is 7.56. The largest absolute Gasteiger partial charge is 0.443 e. The van der Waals surface area contributed by atoms with E-state index in [0.29, 0.717) is 22.8 Å². The molecule has 0 bridgehead atoms. The summed E-state index contributed by atoms with van der Waals surface area (Å²) >= 11 is 3.40. The monoisotopic (exact) mass is 524 g/mol. The van der Waals surface area contributed by atoms with Gasteiger partial charge in [-0.2, -0.15) is 10.3 Å². The first kappa shape index (κ1) is 26.8. The molecule has 7 nitrogen and oxygen atoms in total. The normalized spacial score (nSPS) is 11.0. The van der Waals surface area contributed by atoms with Gasteiger partial charge < -0.3 is 4.74 Å². The zero-order valence-corrected chi connectivity index (χ0v) is 21.9. The van der Waals surface area contributed by atoms with Crippen LogP contribution in [-0.2, 0) is 20.5 Å². The van der Waals surface area contributed by atoms with Gasteiger partial charge in [0.05, 0.1) is 17.2 Å². The summed E-state index contributed by atoms with van der Waals surface area (Å²) in [6, 6.07) is 17.1. The van der Waals surface area contributed by atoms with Crippen LogP contribution in [0.25, 0.3) is 0 Å². The van der Waals surface area contributed by atoms with Crippen molar-refractivity contribution in [2.45, 2.75) is 34.1 Å². The zero-order chi connectivity index (χ0) is 25.4. The maximum absolute atomic E-state index is 12.2. The number of benzene rings is 2. The van der Waals surface area contributed by atoms with Crippen molar-refractivity contribution >= 4 is 27.6 Å². The van der Waals surface area contributed by atoms with Crippen molar-refractivity contribution in [3.05, 3.63) is 90.5 Å². The Kier molecular flexibility index (Phi) is 9.58. The molecule has 0 atom stereocenters. The lowest BCUT2D eigenvalue weighted by molar-refractivity contribution is 0.505. The third-order valence-corrected chi connectivity index (χ3v) is 5.54. The Morgan fingerprint density at radius 3 is 2.35 bits per heavy atom. The fourth-order valence-corrected chi connectivity index (χ4v) is 3.49. The van der Waals surface area contributed by atoms with Crippen LogP contribution >= 0.6 is 15.9 Å². The molecule has 178 valence electrons. The number of nitriles is 1. The second-order valence-electron chi connectivity index (χ2n) is 7.98. The molecule has 0 radical (unpaired) electrons. The molecule has 2 aromatic carbocycles. The molecule has 1 aromatic heterocycles. The average Bonchev–Trinajstić information content (AvgIpc) is 2.83. The van der Waals surface area contributed by atoms with Crippen molar-refractivity contribution in [2.24, 2.45) is 25.0 Å². The van der Waals surface area contributed by atoms with Gasteiger partial charge in [0, 0.05) is 24.5 Å². The second-order valence-corrected chi connectivity index (χ2v) is 8.90. The summed E-state index contributed by atoms with van der Waals surface area (Å²) in [4.78, 5) is 28.7. The Morgan fingerprint density at radius 1 is 1.12 bits per heavy atom. The minimum Gasteiger partial charge on any atom is -0.443 e. The molecule has 0 saturated carbocycles. The third kappa shape index (κ3) is 6.78. The van der Waals surface area contributed by atoms with E-state index in [4.69, 9.17) is 10.00 Å². The Hall–Kier alpha value is -3.44. The number of ether oxygens (including phenoxy) is 1. The second kappa shape index (κ2) is 12.1. The van der Waals surface area contributed by atoms with Gasteiger partial charge in [0.1, 0.15) is 11.6 Å². The summed E-state index contributed by atoms with van der Waals surface area (Å²) in [5.74, 6) is 0.983. The standard InChI is InChI=1S/C18H20N4O3.C8H9Br/c1-11(2)16(25-14-8-6-7-13(9-14)10-19)20-15-12(3)17(23)22(5)18(24)21(15)4;1-2-7-4-3-5-8(9)6-7/h6-9,11H,1-5H3;3-6H,2H2,1H3/b20-16+;. The molecular weight excluding hydrogens is 496 g/mol. The van der Waals surface area contributed by atoms with Gasteiger partial charge >= 0.3 is 5.69 Å². The molecule has 0 fully saturated rings. The van der Waals surface area contributed by atoms with Gasteiger partial charge in [0.15, 0.2) is 5.90 Å². The molecule has 1 heterocycles. The van der Waals surface area contributed by atoms with Crippen LogP contribution in [0, 0.1) is 24.2 Å². The lowest BCUT2D eigenvalue weighted by Crippen LogP contribution is -2.38. The van der Waals surface area contributed by atoms with E-state index < -0.39 is 11.2 Å². The lowest BCUT2D eigenvalue weighted by Gasteiger charge is -2.15. The van der Waals surface area contributed by atoms with Crippen molar-refractivity contribution in [3.8, 4) is 11.8 Å². The minimum absolute atomic E-state index is 0.0932. The zero-order valence-electron chi connectivity index (χ0n) is 20.3. The van der Waals surface area contributed by atoms with Crippen LogP contribution in [0.5, 0.6) is 5.75 Å². The fourth-order valence-electron chi connectivity index (χ4n) is 3.04. The molecule has 8 heteroatoms. The van der Waals surface area contributed by atoms with Crippen molar-refractivity contribution in [1.29, 1.82) is 5.26 Å². The highest BCUT2D eigenvalue weighted by Crippen LogP contribution is 2.19. The van der Waals surface area contributed by atoms with Gasteiger partial charge in [0.2, 0.25) is 0 Å². The van der Waals surface area contributed by atoms with Gasteiger partial charge in [-0.05, 0) is 49.2 Å². The van der Waals surface area contributed by atoms with Crippen LogP contribution in [0.3, 0.4) is 0 Å². The Bertz CT molecular complexity index is 1310. The van der Waals surface area contributed by atoms with Crippen molar-refractivity contribution in [2.75, 3.05) is 0 Å². The minimum atomic E-state index is -0.455. The van der Waals surface area contributed by atoms with Gasteiger partial charge in [0.25, 0.3) is 5.56 Å². The van der Waals surface area contributed by atoms with E-state index in [0.717, 1.165) is 11.0 Å². The first-order valence-corrected chi connectivity index (χ1v) is 11.7. The highest BCUT2D eigenvalue weighted by atomic mass is 79.9. The maximum atomic E-state index is 12.2. The first-order chi connectivity index (χ1) is 16.1. The molecule has 0 N–H and O–H groups in total. The number of nitrogens with zero attached hydrogens (tertiary/aromatic N) is 4. The van der Waals surface area contributed by atoms with Crippen LogP contribution in [0.2, 0.25) is 0 Å². The number of aryl methyl sites for hydroxylation is 1. The van der Waals surface area contributed by atoms with E-state index in [9.17, 15) is 9.59 Å². The van der Waals surface area contributed by atoms with Crippen molar-refractivity contribution in [3.63, 3.8) is 0 Å². The molecule has 0 spiro atoms. The SMILES string of the molecule is CCc1cccc(Br)c1.Cc1c(/N=C(/Oc2cccc(C#N)c2)C(C)C)n(C)c(=O)n(C)c1=O. The van der Waals surface area contributed by atoms with E-state index in [2.05, 4.69) is 46.0 Å². The molecule has 3 aromatic rings. The summed E-state index contributed by atoms with van der Waals surface area (Å²) < 4.78 is 9.34. The van der Waals surface area contributed by atoms with Crippen molar-refractivity contribution in [1.82, 2.24) is 9.13 Å². The van der Waals surface area contributed by atoms with Gasteiger partial charge in [-0.25, -0.2) is 4.79 Å². The van der Waals surface area contributed by atoms with Crippen LogP contribution in [0.4, 0.5) is 5.82 Å². The topological polar surface area (TPSA) is 89.4 Å². The highest BCUT2D eigenvalue weighted by molar-refractivity contribution is 9.10. The molecule has 0 aliphatic heterocycles. The van der Waals surface area contributed by atoms with E-state index in [1.165, 1.54) is 21.7 Å². The van der Waals surface area contributed by atoms with E-state index in [-0.39, 0.29) is 11.7 Å². The van der Waals surface area contributed by atoms with Crippen LogP contribution in [-0.4, -0.2) is 15.0 Å². The van der Waals surface area contributed by atoms with E-state index in [1.54, 1.807) is 38.2 Å². The average molecular weight is 525 g/mol. The number of aromatic nitrogens is 2. The molecule has 0 aliphatic rings. The number of hydrogen-bond acceptors (Lipinski definition) is 5. The van der Waals surface area contributed by atoms with Crippen molar-refractivity contribution < 1.29 is 4.74 Å². The number of aliphatic imine (C=N–C) groups is 1. The molecule has 3 rings (SSSR count). The third-order valence-electron chi connectivity index (χ3n) is 5.05. The Labute approximate surface area is 208 Å². The summed E-state index contributed by atoms with van der Waals surface area (Å²) in [5.41, 5.74) is 1.36. The Balaban J connectivity index is 0.000000379. The molecule has 0 amide bonds. The van der Waals surface area contributed by atoms with E-state index >= 15 is 0 Å². The predicted octanol–water partition coefficient (Wildman–Crippen LogP) is 5.04. The smallest absolute Gasteiger partial charge is 0.332 e. The van der Waals surface area contributed by atoms with Gasteiger partial charge in [-0.1, -0.05) is 54.9 Å². The molecular formula is C26H29BrN4O3. The summed E-state index contributed by atoms with van der Waals surface area (Å²) in [7, 11) is 2.99. The quantitative estimate of drug-likeness (QED) is 0.353. The summed E-state index contributed by atoms with van der Waals surface area (Å²) in [6.07, 6.45) is 1.11. The lowest BCUT2D eigenvalue weighted by atomic mass is 10.2. The molecule has 0 unspecified atom stereocenters. The van der Waals surface area contributed by atoms with Crippen LogP contribution in [0.1, 0.15) is 37.5 Å². The molecule has 34 heavy (non-hydrogen) atoms. The van der Waals surface area contributed by atoms with E-state index in [1.807, 2.05) is 26.0 Å². The van der Waals surface area contributed by atoms with Gasteiger partial charge in [-0.3, -0.25) is 13.9 Å². The predicted molar refractivity (Wildman–Crippen MR) is 139 cm³/mol. The first-order valence-electron chi connectivity index (χ1n) is 10.9. The fraction of sp³-hybridized carbons (Fsp3) is 0.308. The highest BCUT2D eigenvalue weighted by Gasteiger charge is 2.15. The number of rotatable bonds is 4. The van der Waals surface area contributed by atoms with Gasteiger partial charge in [-0.15, -0.1) is 0 Å².